The number of phenols is 4. The molecule has 234 valence electrons. The Hall–Kier alpha value is -3.71. The lowest BCUT2D eigenvalue weighted by Crippen LogP contribution is -2.61. The minimum atomic E-state index is -1.97. The SMILES string of the molecule is C[C@H]1O[C@@H](OC[C@H]2OC(Oc3c(-c4ccc(O)c(O)c4)oc4cc(O)cc(O)c4c3=O)[C@H](O)[C@@H](O)[C@@H]2O)[C@H](O)C(O)[C@@H]1O. The lowest BCUT2D eigenvalue weighted by atomic mass is 9.98. The van der Waals surface area contributed by atoms with Crippen molar-refractivity contribution in [3.8, 4) is 40.1 Å². The van der Waals surface area contributed by atoms with Gasteiger partial charge in [-0.05, 0) is 25.1 Å². The Morgan fingerprint density at radius 3 is 2.12 bits per heavy atom. The van der Waals surface area contributed by atoms with E-state index in [0.29, 0.717) is 0 Å². The predicted molar refractivity (Wildman–Crippen MR) is 140 cm³/mol. The quantitative estimate of drug-likeness (QED) is 0.140. The van der Waals surface area contributed by atoms with Crippen LogP contribution in [-0.4, -0.2) is 119 Å². The van der Waals surface area contributed by atoms with E-state index in [1.165, 1.54) is 13.0 Å². The number of aliphatic hydroxyl groups is 6. The van der Waals surface area contributed by atoms with Crippen LogP contribution in [0.15, 0.2) is 39.5 Å². The van der Waals surface area contributed by atoms with Gasteiger partial charge in [-0.15, -0.1) is 0 Å². The van der Waals surface area contributed by atoms with Gasteiger partial charge >= 0.3 is 0 Å². The number of benzene rings is 2. The molecule has 2 aromatic carbocycles. The third kappa shape index (κ3) is 5.67. The molecule has 2 unspecified atom stereocenters. The average molecular weight is 611 g/mol. The second-order valence-electron chi connectivity index (χ2n) is 10.3. The summed E-state index contributed by atoms with van der Waals surface area (Å²) in [7, 11) is 0. The van der Waals surface area contributed by atoms with E-state index >= 15 is 0 Å². The molecule has 2 saturated heterocycles. The molecule has 16 heteroatoms. The van der Waals surface area contributed by atoms with Gasteiger partial charge in [0.1, 0.15) is 65.2 Å². The van der Waals surface area contributed by atoms with E-state index in [9.17, 15) is 55.9 Å². The molecule has 43 heavy (non-hydrogen) atoms. The first-order valence-corrected chi connectivity index (χ1v) is 13.0. The number of ether oxygens (including phenoxy) is 4. The minimum Gasteiger partial charge on any atom is -0.508 e. The maximum absolute atomic E-state index is 13.6. The predicted octanol–water partition coefficient (Wildman–Crippen LogP) is -1.69. The van der Waals surface area contributed by atoms with Gasteiger partial charge in [-0.1, -0.05) is 0 Å². The summed E-state index contributed by atoms with van der Waals surface area (Å²) < 4.78 is 27.8. The normalized spacial score (nSPS) is 33.0. The topological polar surface area (TPSA) is 269 Å². The van der Waals surface area contributed by atoms with Gasteiger partial charge in [0.05, 0.1) is 12.7 Å². The van der Waals surface area contributed by atoms with Crippen LogP contribution in [0, 0.1) is 0 Å². The molecule has 0 radical (unpaired) electrons. The lowest BCUT2D eigenvalue weighted by Gasteiger charge is -2.42. The van der Waals surface area contributed by atoms with Crippen LogP contribution >= 0.6 is 0 Å². The fraction of sp³-hybridized carbons (Fsp3) is 0.444. The highest BCUT2D eigenvalue weighted by Crippen LogP contribution is 2.39. The molecular formula is C27H30O16. The van der Waals surface area contributed by atoms with Crippen molar-refractivity contribution in [1.29, 1.82) is 0 Å². The number of aliphatic hydroxyl groups excluding tert-OH is 6. The first kappa shape index (κ1) is 30.7. The van der Waals surface area contributed by atoms with Crippen molar-refractivity contribution in [3.63, 3.8) is 0 Å². The molecule has 0 saturated carbocycles. The number of rotatable bonds is 6. The Morgan fingerprint density at radius 2 is 1.42 bits per heavy atom. The molecule has 0 bridgehead atoms. The number of phenolic OH excluding ortho intramolecular Hbond substituents is 4. The van der Waals surface area contributed by atoms with Crippen molar-refractivity contribution in [2.24, 2.45) is 0 Å². The molecule has 0 amide bonds. The third-order valence-corrected chi connectivity index (χ3v) is 7.29. The molecular weight excluding hydrogens is 580 g/mol. The molecule has 2 aliphatic rings. The zero-order chi connectivity index (χ0) is 31.3. The first-order chi connectivity index (χ1) is 20.3. The van der Waals surface area contributed by atoms with E-state index in [-0.39, 0.29) is 11.1 Å². The van der Waals surface area contributed by atoms with E-state index in [4.69, 9.17) is 23.4 Å². The zero-order valence-electron chi connectivity index (χ0n) is 22.3. The highest BCUT2D eigenvalue weighted by molar-refractivity contribution is 5.88. The van der Waals surface area contributed by atoms with Crippen molar-refractivity contribution < 1.29 is 74.4 Å². The van der Waals surface area contributed by atoms with Gasteiger partial charge in [-0.25, -0.2) is 0 Å². The van der Waals surface area contributed by atoms with Gasteiger partial charge in [0, 0.05) is 17.7 Å². The summed E-state index contributed by atoms with van der Waals surface area (Å²) in [6, 6.07) is 5.24. The van der Waals surface area contributed by atoms with Crippen LogP contribution in [0.5, 0.6) is 28.7 Å². The smallest absolute Gasteiger partial charge is 0.239 e. The van der Waals surface area contributed by atoms with Crippen molar-refractivity contribution in [3.05, 3.63) is 40.6 Å². The van der Waals surface area contributed by atoms with Gasteiger partial charge in [0.2, 0.25) is 17.5 Å². The molecule has 2 aliphatic heterocycles. The minimum absolute atomic E-state index is 0.0313. The largest absolute Gasteiger partial charge is 0.508 e. The van der Waals surface area contributed by atoms with Gasteiger partial charge in [0.25, 0.3) is 0 Å². The molecule has 0 aliphatic carbocycles. The second kappa shape index (κ2) is 11.8. The van der Waals surface area contributed by atoms with Crippen LogP contribution in [0.25, 0.3) is 22.3 Å². The monoisotopic (exact) mass is 610 g/mol. The summed E-state index contributed by atoms with van der Waals surface area (Å²) in [6.45, 7) is 0.818. The fourth-order valence-corrected chi connectivity index (χ4v) is 4.84. The van der Waals surface area contributed by atoms with Crippen molar-refractivity contribution in [1.82, 2.24) is 0 Å². The second-order valence-corrected chi connectivity index (χ2v) is 10.3. The Labute approximate surface area is 241 Å². The van der Waals surface area contributed by atoms with E-state index in [1.54, 1.807) is 0 Å². The van der Waals surface area contributed by atoms with Crippen LogP contribution in [0.1, 0.15) is 6.92 Å². The molecule has 0 spiro atoms. The molecule has 16 nitrogen and oxygen atoms in total. The summed E-state index contributed by atoms with van der Waals surface area (Å²) in [5.41, 5.74) is -1.35. The van der Waals surface area contributed by atoms with Gasteiger partial charge in [-0.3, -0.25) is 4.79 Å². The molecule has 3 heterocycles. The number of fused-ring (bicyclic) bond motifs is 1. The number of aromatic hydroxyl groups is 4. The van der Waals surface area contributed by atoms with E-state index in [0.717, 1.165) is 24.3 Å². The zero-order valence-corrected chi connectivity index (χ0v) is 22.3. The maximum Gasteiger partial charge on any atom is 0.239 e. The van der Waals surface area contributed by atoms with Crippen molar-refractivity contribution >= 4 is 11.0 Å². The summed E-state index contributed by atoms with van der Waals surface area (Å²) in [6.07, 6.45) is -16.2. The summed E-state index contributed by atoms with van der Waals surface area (Å²) in [5, 5.41) is 101. The van der Waals surface area contributed by atoms with Gasteiger partial charge < -0.3 is 74.4 Å². The highest BCUT2D eigenvalue weighted by Gasteiger charge is 2.47. The highest BCUT2D eigenvalue weighted by atomic mass is 16.7. The van der Waals surface area contributed by atoms with E-state index in [2.05, 4.69) is 0 Å². The number of hydrogen-bond acceptors (Lipinski definition) is 16. The summed E-state index contributed by atoms with van der Waals surface area (Å²) in [4.78, 5) is 13.6. The number of hydrogen-bond donors (Lipinski definition) is 10. The molecule has 10 atom stereocenters. The molecule has 1 aromatic heterocycles. The van der Waals surface area contributed by atoms with Crippen LogP contribution in [0.3, 0.4) is 0 Å². The van der Waals surface area contributed by atoms with Crippen LogP contribution in [0.4, 0.5) is 0 Å². The third-order valence-electron chi connectivity index (χ3n) is 7.29. The maximum atomic E-state index is 13.6. The Balaban J connectivity index is 1.48. The Morgan fingerprint density at radius 1 is 0.744 bits per heavy atom. The molecule has 10 N–H and O–H groups in total. The van der Waals surface area contributed by atoms with E-state index in [1.807, 2.05) is 0 Å². The standard InChI is InChI=1S/C27H30O16/c1-8-17(32)20(35)22(37)26(40-8)39-7-15-18(33)21(36)23(38)27(42-15)43-25-19(34)16-13(31)5-10(28)6-14(16)41-24(25)9-2-3-11(29)12(30)4-9/h2-6,8,15,17-18,20-23,26-33,35-38H,7H2,1H3/t8-,15-,17-,18-,20?,21+,22-,23-,26-,27?/m1/s1. The summed E-state index contributed by atoms with van der Waals surface area (Å²) in [5.74, 6) is -3.33. The van der Waals surface area contributed by atoms with Crippen molar-refractivity contribution in [2.75, 3.05) is 6.61 Å². The first-order valence-electron chi connectivity index (χ1n) is 13.0. The Bertz CT molecular complexity index is 1540. The van der Waals surface area contributed by atoms with Crippen LogP contribution in [0.2, 0.25) is 0 Å². The molecule has 3 aromatic rings. The lowest BCUT2D eigenvalue weighted by molar-refractivity contribution is -0.318. The van der Waals surface area contributed by atoms with Crippen molar-refractivity contribution in [2.45, 2.75) is 68.3 Å². The summed E-state index contributed by atoms with van der Waals surface area (Å²) >= 11 is 0. The fourth-order valence-electron chi connectivity index (χ4n) is 4.84. The molecule has 2 fully saturated rings. The molecule has 5 rings (SSSR count). The van der Waals surface area contributed by atoms with Gasteiger partial charge in [0.15, 0.2) is 23.5 Å². The van der Waals surface area contributed by atoms with Gasteiger partial charge in [-0.2, -0.15) is 0 Å². The average Bonchev–Trinajstić information content (AvgIpc) is 2.96. The van der Waals surface area contributed by atoms with E-state index < -0.39 is 113 Å². The Kier molecular flexibility index (Phi) is 8.41. The van der Waals surface area contributed by atoms with Crippen LogP contribution < -0.4 is 10.2 Å². The van der Waals surface area contributed by atoms with Crippen LogP contribution in [-0.2, 0) is 14.2 Å².